The van der Waals surface area contributed by atoms with E-state index in [1.165, 1.54) is 17.4 Å². The first kappa shape index (κ1) is 21.8. The molecule has 0 saturated carbocycles. The number of hydrogen-bond acceptors (Lipinski definition) is 8. The van der Waals surface area contributed by atoms with Gasteiger partial charge in [0.1, 0.15) is 5.82 Å². The van der Waals surface area contributed by atoms with Crippen LogP contribution in [0.25, 0.3) is 22.0 Å². The van der Waals surface area contributed by atoms with E-state index in [-0.39, 0.29) is 11.3 Å². The van der Waals surface area contributed by atoms with Crippen molar-refractivity contribution in [3.63, 3.8) is 0 Å². The molecule has 11 heteroatoms. The molecule has 0 saturated heterocycles. The van der Waals surface area contributed by atoms with Gasteiger partial charge in [-0.3, -0.25) is 9.99 Å². The zero-order chi connectivity index (χ0) is 23.9. The average molecular weight is 452 g/mol. The minimum atomic E-state index is -4.64. The number of hydrazine groups is 1. The fourth-order valence-corrected chi connectivity index (χ4v) is 3.47. The third-order valence-electron chi connectivity index (χ3n) is 5.17. The zero-order valence-electron chi connectivity index (χ0n) is 17.1. The predicted molar refractivity (Wildman–Crippen MR) is 124 cm³/mol. The Bertz CT molecular complexity index is 1380. The van der Waals surface area contributed by atoms with Crippen LogP contribution in [0.5, 0.6) is 0 Å². The Morgan fingerprint density at radius 2 is 1.64 bits per heavy atom. The minimum absolute atomic E-state index is 0.217. The Morgan fingerprint density at radius 3 is 2.33 bits per heavy atom. The zero-order valence-corrected chi connectivity index (χ0v) is 17.1. The first-order valence-electron chi connectivity index (χ1n) is 9.56. The van der Waals surface area contributed by atoms with Gasteiger partial charge < -0.3 is 22.6 Å². The van der Waals surface area contributed by atoms with Gasteiger partial charge in [0.25, 0.3) is 0 Å². The second kappa shape index (κ2) is 7.95. The van der Waals surface area contributed by atoms with E-state index in [9.17, 15) is 13.2 Å². The summed E-state index contributed by atoms with van der Waals surface area (Å²) in [7, 11) is 0. The van der Waals surface area contributed by atoms with Gasteiger partial charge in [0, 0.05) is 34.6 Å². The molecule has 4 aromatic rings. The molecule has 0 bridgehead atoms. The summed E-state index contributed by atoms with van der Waals surface area (Å²) in [6.07, 6.45) is -0.831. The number of nitrogen functional groups attached to an aromatic ring is 3. The molecule has 0 spiro atoms. The molecule has 9 N–H and O–H groups in total. The van der Waals surface area contributed by atoms with Crippen LogP contribution >= 0.6 is 0 Å². The summed E-state index contributed by atoms with van der Waals surface area (Å²) in [5, 5.41) is 9.33. The van der Waals surface area contributed by atoms with E-state index in [0.29, 0.717) is 39.1 Å². The van der Waals surface area contributed by atoms with Crippen LogP contribution in [0.15, 0.2) is 54.9 Å². The quantitative estimate of drug-likeness (QED) is 0.135. The molecule has 8 nitrogen and oxygen atoms in total. The van der Waals surface area contributed by atoms with Crippen molar-refractivity contribution in [3.8, 4) is 11.1 Å². The van der Waals surface area contributed by atoms with Crippen LogP contribution in [-0.4, -0.2) is 16.2 Å². The molecule has 0 aliphatic rings. The van der Waals surface area contributed by atoms with Gasteiger partial charge in [0.15, 0.2) is 0 Å². The molecule has 168 valence electrons. The Hall–Kier alpha value is -4.38. The first-order valence-corrected chi connectivity index (χ1v) is 9.56. The van der Waals surface area contributed by atoms with Gasteiger partial charge in [0.05, 0.1) is 34.3 Å². The first-order chi connectivity index (χ1) is 15.6. The van der Waals surface area contributed by atoms with E-state index < -0.39 is 17.6 Å². The summed E-state index contributed by atoms with van der Waals surface area (Å²) in [6.45, 7) is 0. The maximum absolute atomic E-state index is 13.3. The van der Waals surface area contributed by atoms with Crippen molar-refractivity contribution in [1.29, 1.82) is 5.41 Å². The normalized spacial score (nSPS) is 11.5. The molecule has 0 atom stereocenters. The Balaban J connectivity index is 1.89. The summed E-state index contributed by atoms with van der Waals surface area (Å²) in [5.41, 5.74) is 19.6. The van der Waals surface area contributed by atoms with Gasteiger partial charge in [-0.1, -0.05) is 6.07 Å². The van der Waals surface area contributed by atoms with Crippen LogP contribution in [-0.2, 0) is 6.18 Å². The van der Waals surface area contributed by atoms with Gasteiger partial charge in [-0.2, -0.15) is 13.2 Å². The van der Waals surface area contributed by atoms with E-state index >= 15 is 0 Å². The minimum Gasteiger partial charge on any atom is -0.398 e. The number of nitrogens with one attached hydrogen (secondary N) is 1. The number of nitrogens with two attached hydrogens (primary N) is 4. The van der Waals surface area contributed by atoms with Gasteiger partial charge in [0.2, 0.25) is 0 Å². The lowest BCUT2D eigenvalue weighted by molar-refractivity contribution is -0.137. The monoisotopic (exact) mass is 452 g/mol. The molecular weight excluding hydrogens is 433 g/mol. The largest absolute Gasteiger partial charge is 0.419 e. The van der Waals surface area contributed by atoms with Gasteiger partial charge in [-0.05, 0) is 42.0 Å². The number of halogens is 3. The third kappa shape index (κ3) is 3.96. The summed E-state index contributed by atoms with van der Waals surface area (Å²) in [5.74, 6) is 5.78. The van der Waals surface area contributed by atoms with Crippen molar-refractivity contribution in [2.45, 2.75) is 6.18 Å². The molecule has 2 aromatic heterocycles. The van der Waals surface area contributed by atoms with Crippen LogP contribution in [0.2, 0.25) is 0 Å². The smallest absolute Gasteiger partial charge is 0.398 e. The standard InChI is InChI=1S/C22H19F3N8/c23-22(24,25)16-7-13(9-32-21(16)29)11-1-4-19-15(6-11)20(18(28)10-31-19)33(30)14-2-3-17(27)12(5-14)8-26/h1-10,26H,27-28,30H2,(H2,29,32). The van der Waals surface area contributed by atoms with Crippen molar-refractivity contribution in [3.05, 3.63) is 66.0 Å². The fraction of sp³-hybridized carbons (Fsp3) is 0.0455. The Morgan fingerprint density at radius 1 is 0.879 bits per heavy atom. The van der Waals surface area contributed by atoms with Crippen LogP contribution in [0.4, 0.5) is 41.7 Å². The second-order valence-corrected chi connectivity index (χ2v) is 7.28. The lowest BCUT2D eigenvalue weighted by Crippen LogP contribution is -2.26. The van der Waals surface area contributed by atoms with E-state index in [4.69, 9.17) is 28.5 Å². The Kier molecular flexibility index (Phi) is 5.26. The van der Waals surface area contributed by atoms with Gasteiger partial charge in [-0.25, -0.2) is 10.8 Å². The highest BCUT2D eigenvalue weighted by Crippen LogP contribution is 2.39. The highest BCUT2D eigenvalue weighted by Gasteiger charge is 2.34. The maximum atomic E-state index is 13.3. The lowest BCUT2D eigenvalue weighted by Gasteiger charge is -2.23. The summed E-state index contributed by atoms with van der Waals surface area (Å²) in [4.78, 5) is 7.99. The van der Waals surface area contributed by atoms with E-state index in [2.05, 4.69) is 9.97 Å². The Labute approximate surface area is 186 Å². The van der Waals surface area contributed by atoms with Gasteiger partial charge in [-0.15, -0.1) is 0 Å². The SMILES string of the molecule is N=Cc1cc(N(N)c2c(N)cnc3ccc(-c4cnc(N)c(C(F)(F)F)c4)cc23)ccc1N. The number of pyridine rings is 2. The molecular formula is C22H19F3N8. The van der Waals surface area contributed by atoms with Crippen LogP contribution in [0, 0.1) is 5.41 Å². The van der Waals surface area contributed by atoms with Crippen molar-refractivity contribution < 1.29 is 13.2 Å². The van der Waals surface area contributed by atoms with Crippen molar-refractivity contribution in [2.24, 2.45) is 5.84 Å². The molecule has 2 heterocycles. The number of rotatable bonds is 4. The molecule has 33 heavy (non-hydrogen) atoms. The van der Waals surface area contributed by atoms with Crippen LogP contribution in [0.1, 0.15) is 11.1 Å². The molecule has 0 radical (unpaired) electrons. The maximum Gasteiger partial charge on any atom is 0.419 e. The predicted octanol–water partition coefficient (Wildman–Crippen LogP) is 4.07. The van der Waals surface area contributed by atoms with Crippen LogP contribution < -0.4 is 28.1 Å². The molecule has 0 fully saturated rings. The van der Waals surface area contributed by atoms with Crippen LogP contribution in [0.3, 0.4) is 0 Å². The molecule has 2 aromatic carbocycles. The molecule has 0 unspecified atom stereocenters. The van der Waals surface area contributed by atoms with Crippen molar-refractivity contribution in [1.82, 2.24) is 9.97 Å². The molecule has 0 aliphatic carbocycles. The van der Waals surface area contributed by atoms with E-state index in [1.807, 2.05) is 0 Å². The van der Waals surface area contributed by atoms with Crippen molar-refractivity contribution in [2.75, 3.05) is 22.2 Å². The fourth-order valence-electron chi connectivity index (χ4n) is 3.47. The summed E-state index contributed by atoms with van der Waals surface area (Å²) in [6, 6.07) is 10.8. The topological polar surface area (TPSA) is 157 Å². The summed E-state index contributed by atoms with van der Waals surface area (Å²) >= 11 is 0. The molecule has 0 aliphatic heterocycles. The summed E-state index contributed by atoms with van der Waals surface area (Å²) < 4.78 is 39.9. The number of nitrogens with zero attached hydrogens (tertiary/aromatic N) is 3. The number of alkyl halides is 3. The number of anilines is 5. The van der Waals surface area contributed by atoms with Gasteiger partial charge >= 0.3 is 6.18 Å². The van der Waals surface area contributed by atoms with E-state index in [1.54, 1.807) is 36.4 Å². The number of aromatic nitrogens is 2. The lowest BCUT2D eigenvalue weighted by atomic mass is 10.0. The molecule has 0 amide bonds. The highest BCUT2D eigenvalue weighted by molar-refractivity contribution is 6.01. The van der Waals surface area contributed by atoms with Crippen molar-refractivity contribution >= 4 is 45.7 Å². The molecule has 4 rings (SSSR count). The number of hydrogen-bond donors (Lipinski definition) is 5. The number of benzene rings is 2. The highest BCUT2D eigenvalue weighted by atomic mass is 19.4. The second-order valence-electron chi connectivity index (χ2n) is 7.28. The average Bonchev–Trinajstić information content (AvgIpc) is 2.78. The number of fused-ring (bicyclic) bond motifs is 1. The third-order valence-corrected chi connectivity index (χ3v) is 5.17. The van der Waals surface area contributed by atoms with E-state index in [0.717, 1.165) is 12.3 Å².